The fourth-order valence-electron chi connectivity index (χ4n) is 2.53. The van der Waals surface area contributed by atoms with Crippen molar-refractivity contribution >= 4 is 17.5 Å². The van der Waals surface area contributed by atoms with Gasteiger partial charge in [-0.2, -0.15) is 0 Å². The summed E-state index contributed by atoms with van der Waals surface area (Å²) in [6, 6.07) is 7.36. The number of hydrogen-bond acceptors (Lipinski definition) is 3. The number of nitrogens with one attached hydrogen (secondary N) is 3. The molecular formula is C16H23N3O2. The number of hydrogen-bond donors (Lipinski definition) is 3. The van der Waals surface area contributed by atoms with E-state index in [0.29, 0.717) is 0 Å². The van der Waals surface area contributed by atoms with Crippen LogP contribution in [0.5, 0.6) is 0 Å². The fraction of sp³-hybridized carbons (Fsp3) is 0.500. The molecule has 0 saturated heterocycles. The lowest BCUT2D eigenvalue weighted by Gasteiger charge is -2.27. The molecule has 0 fully saturated rings. The first-order chi connectivity index (χ1) is 9.99. The van der Waals surface area contributed by atoms with E-state index in [-0.39, 0.29) is 23.8 Å². The highest BCUT2D eigenvalue weighted by atomic mass is 16.2. The lowest BCUT2D eigenvalue weighted by atomic mass is 9.90. The molecule has 2 unspecified atom stereocenters. The Balaban J connectivity index is 2.03. The van der Waals surface area contributed by atoms with E-state index in [9.17, 15) is 9.59 Å². The van der Waals surface area contributed by atoms with E-state index >= 15 is 0 Å². The Bertz CT molecular complexity index is 528. The predicted molar refractivity (Wildman–Crippen MR) is 83.2 cm³/mol. The van der Waals surface area contributed by atoms with Crippen LogP contribution in [0.3, 0.4) is 0 Å². The van der Waals surface area contributed by atoms with Gasteiger partial charge in [0.1, 0.15) is 6.04 Å². The molecule has 21 heavy (non-hydrogen) atoms. The maximum atomic E-state index is 12.4. The molecule has 1 aliphatic rings. The molecule has 0 spiro atoms. The normalized spacial score (nSPS) is 18.4. The summed E-state index contributed by atoms with van der Waals surface area (Å²) >= 11 is 0. The van der Waals surface area contributed by atoms with Gasteiger partial charge in [-0.3, -0.25) is 9.59 Å². The SMILES string of the molecule is CC(C)NC(=O)C(C)NC(=O)C1CCNc2ccccc21. The number of para-hydroxylation sites is 1. The number of carbonyl (C=O) groups excluding carboxylic acids is 2. The predicted octanol–water partition coefficient (Wildman–Crippen LogP) is 1.62. The van der Waals surface area contributed by atoms with Crippen LogP contribution < -0.4 is 16.0 Å². The van der Waals surface area contributed by atoms with Crippen LogP contribution in [0.4, 0.5) is 5.69 Å². The average molecular weight is 289 g/mol. The Morgan fingerprint density at radius 3 is 2.62 bits per heavy atom. The topological polar surface area (TPSA) is 70.2 Å². The highest BCUT2D eigenvalue weighted by Gasteiger charge is 2.28. The maximum absolute atomic E-state index is 12.4. The molecule has 2 rings (SSSR count). The number of benzene rings is 1. The molecule has 0 saturated carbocycles. The number of carbonyl (C=O) groups is 2. The first-order valence-electron chi connectivity index (χ1n) is 7.42. The van der Waals surface area contributed by atoms with Crippen LogP contribution in [-0.4, -0.2) is 30.4 Å². The summed E-state index contributed by atoms with van der Waals surface area (Å²) in [5.74, 6) is -0.437. The third-order valence-corrected chi connectivity index (χ3v) is 3.58. The lowest BCUT2D eigenvalue weighted by Crippen LogP contribution is -2.48. The molecule has 2 amide bonds. The second-order valence-electron chi connectivity index (χ2n) is 5.75. The number of fused-ring (bicyclic) bond motifs is 1. The van der Waals surface area contributed by atoms with Crippen molar-refractivity contribution in [2.75, 3.05) is 11.9 Å². The van der Waals surface area contributed by atoms with Crippen molar-refractivity contribution in [1.82, 2.24) is 10.6 Å². The van der Waals surface area contributed by atoms with Gasteiger partial charge in [0, 0.05) is 18.3 Å². The van der Waals surface area contributed by atoms with Crippen LogP contribution in [0.15, 0.2) is 24.3 Å². The first kappa shape index (κ1) is 15.4. The third kappa shape index (κ3) is 3.74. The molecule has 0 aromatic heterocycles. The third-order valence-electron chi connectivity index (χ3n) is 3.58. The molecule has 0 radical (unpaired) electrons. The van der Waals surface area contributed by atoms with Gasteiger partial charge in [0.15, 0.2) is 0 Å². The minimum absolute atomic E-state index is 0.0662. The smallest absolute Gasteiger partial charge is 0.242 e. The van der Waals surface area contributed by atoms with Gasteiger partial charge in [-0.1, -0.05) is 18.2 Å². The monoisotopic (exact) mass is 289 g/mol. The molecule has 5 heteroatoms. The number of anilines is 1. The van der Waals surface area contributed by atoms with E-state index in [1.165, 1.54) is 0 Å². The van der Waals surface area contributed by atoms with Crippen molar-refractivity contribution in [2.45, 2.75) is 45.2 Å². The van der Waals surface area contributed by atoms with Gasteiger partial charge in [0.05, 0.1) is 5.92 Å². The van der Waals surface area contributed by atoms with Gasteiger partial charge in [-0.05, 0) is 38.8 Å². The lowest BCUT2D eigenvalue weighted by molar-refractivity contribution is -0.129. The van der Waals surface area contributed by atoms with E-state index in [1.807, 2.05) is 38.1 Å². The second-order valence-corrected chi connectivity index (χ2v) is 5.75. The summed E-state index contributed by atoms with van der Waals surface area (Å²) in [6.07, 6.45) is 0.737. The molecular weight excluding hydrogens is 266 g/mol. The van der Waals surface area contributed by atoms with Crippen LogP contribution in [0.1, 0.15) is 38.7 Å². The Labute approximate surface area is 125 Å². The standard InChI is InChI=1S/C16H23N3O2/c1-10(2)18-15(20)11(3)19-16(21)13-8-9-17-14-7-5-4-6-12(13)14/h4-7,10-11,13,17H,8-9H2,1-3H3,(H,18,20)(H,19,21). The molecule has 3 N–H and O–H groups in total. The van der Waals surface area contributed by atoms with Crippen molar-refractivity contribution in [3.63, 3.8) is 0 Å². The molecule has 1 aliphatic heterocycles. The number of rotatable bonds is 4. The highest BCUT2D eigenvalue weighted by molar-refractivity contribution is 5.91. The number of amides is 2. The summed E-state index contributed by atoms with van der Waals surface area (Å²) in [6.45, 7) is 6.27. The summed E-state index contributed by atoms with van der Waals surface area (Å²) in [4.78, 5) is 24.3. The van der Waals surface area contributed by atoms with E-state index in [2.05, 4.69) is 16.0 Å². The molecule has 0 aliphatic carbocycles. The van der Waals surface area contributed by atoms with Crippen molar-refractivity contribution in [1.29, 1.82) is 0 Å². The molecule has 114 valence electrons. The minimum Gasteiger partial charge on any atom is -0.385 e. The maximum Gasteiger partial charge on any atom is 0.242 e. The quantitative estimate of drug-likeness (QED) is 0.789. The van der Waals surface area contributed by atoms with Gasteiger partial charge < -0.3 is 16.0 Å². The van der Waals surface area contributed by atoms with Gasteiger partial charge in [-0.15, -0.1) is 0 Å². The molecule has 1 aromatic rings. The summed E-state index contributed by atoms with van der Waals surface area (Å²) in [5, 5.41) is 8.91. The Hall–Kier alpha value is -2.04. The summed E-state index contributed by atoms with van der Waals surface area (Å²) < 4.78 is 0. The minimum atomic E-state index is -0.526. The van der Waals surface area contributed by atoms with Crippen LogP contribution in [-0.2, 0) is 9.59 Å². The van der Waals surface area contributed by atoms with E-state index < -0.39 is 6.04 Å². The second kappa shape index (κ2) is 6.61. The molecule has 2 atom stereocenters. The molecule has 1 aromatic carbocycles. The van der Waals surface area contributed by atoms with Gasteiger partial charge in [-0.25, -0.2) is 0 Å². The zero-order valence-electron chi connectivity index (χ0n) is 12.8. The van der Waals surface area contributed by atoms with Crippen LogP contribution in [0, 0.1) is 0 Å². The zero-order valence-corrected chi connectivity index (χ0v) is 12.8. The van der Waals surface area contributed by atoms with Gasteiger partial charge in [0.25, 0.3) is 0 Å². The van der Waals surface area contributed by atoms with E-state index in [0.717, 1.165) is 24.2 Å². The van der Waals surface area contributed by atoms with Gasteiger partial charge in [0.2, 0.25) is 11.8 Å². The summed E-state index contributed by atoms with van der Waals surface area (Å²) in [5.41, 5.74) is 2.00. The van der Waals surface area contributed by atoms with Crippen LogP contribution in [0.25, 0.3) is 0 Å². The van der Waals surface area contributed by atoms with Crippen molar-refractivity contribution in [3.8, 4) is 0 Å². The van der Waals surface area contributed by atoms with Crippen molar-refractivity contribution in [2.24, 2.45) is 0 Å². The van der Waals surface area contributed by atoms with Crippen LogP contribution in [0.2, 0.25) is 0 Å². The van der Waals surface area contributed by atoms with E-state index in [1.54, 1.807) is 6.92 Å². The Kier molecular flexibility index (Phi) is 4.83. The summed E-state index contributed by atoms with van der Waals surface area (Å²) in [7, 11) is 0. The van der Waals surface area contributed by atoms with Gasteiger partial charge >= 0.3 is 0 Å². The van der Waals surface area contributed by atoms with Crippen molar-refractivity contribution in [3.05, 3.63) is 29.8 Å². The zero-order chi connectivity index (χ0) is 15.4. The largest absolute Gasteiger partial charge is 0.385 e. The molecule has 5 nitrogen and oxygen atoms in total. The highest BCUT2D eigenvalue weighted by Crippen LogP contribution is 2.31. The average Bonchev–Trinajstić information content (AvgIpc) is 2.45. The van der Waals surface area contributed by atoms with E-state index in [4.69, 9.17) is 0 Å². The van der Waals surface area contributed by atoms with Crippen LogP contribution >= 0.6 is 0 Å². The first-order valence-corrected chi connectivity index (χ1v) is 7.42. The molecule has 1 heterocycles. The fourth-order valence-corrected chi connectivity index (χ4v) is 2.53. The Morgan fingerprint density at radius 2 is 1.90 bits per heavy atom. The Morgan fingerprint density at radius 1 is 1.19 bits per heavy atom. The molecule has 0 bridgehead atoms. The van der Waals surface area contributed by atoms with Crippen molar-refractivity contribution < 1.29 is 9.59 Å².